The molecule has 2 rings (SSSR count). The van der Waals surface area contributed by atoms with Gasteiger partial charge in [-0.25, -0.2) is 9.78 Å². The number of thiazole rings is 1. The van der Waals surface area contributed by atoms with Crippen LogP contribution in [0.1, 0.15) is 29.2 Å². The predicted molar refractivity (Wildman–Crippen MR) is 62.8 cm³/mol. The lowest BCUT2D eigenvalue weighted by molar-refractivity contribution is 0.0520. The van der Waals surface area contributed by atoms with Crippen LogP contribution in [0.15, 0.2) is 6.20 Å². The molecule has 7 heteroatoms. The number of hydrogen-bond acceptors (Lipinski definition) is 6. The van der Waals surface area contributed by atoms with Gasteiger partial charge in [-0.15, -0.1) is 16.4 Å². The molecule has 90 valence electrons. The van der Waals surface area contributed by atoms with Crippen LogP contribution >= 0.6 is 11.3 Å². The minimum atomic E-state index is -0.482. The Labute approximate surface area is 102 Å². The van der Waals surface area contributed by atoms with Crippen molar-refractivity contribution >= 4 is 17.3 Å². The average Bonchev–Trinajstić information content (AvgIpc) is 2.97. The van der Waals surface area contributed by atoms with Gasteiger partial charge in [0.15, 0.2) is 5.69 Å². The Morgan fingerprint density at radius 2 is 2.29 bits per heavy atom. The summed E-state index contributed by atoms with van der Waals surface area (Å²) >= 11 is 1.50. The van der Waals surface area contributed by atoms with E-state index in [0.717, 1.165) is 11.3 Å². The molecule has 0 aliphatic rings. The highest BCUT2D eigenvalue weighted by Gasteiger charge is 2.21. The number of nitrogens with one attached hydrogen (secondary N) is 1. The monoisotopic (exact) mass is 252 g/mol. The van der Waals surface area contributed by atoms with Gasteiger partial charge in [0.1, 0.15) is 5.01 Å². The number of aromatic nitrogens is 4. The highest BCUT2D eigenvalue weighted by molar-refractivity contribution is 7.15. The van der Waals surface area contributed by atoms with E-state index >= 15 is 0 Å². The zero-order valence-electron chi connectivity index (χ0n) is 9.56. The van der Waals surface area contributed by atoms with E-state index < -0.39 is 5.97 Å². The maximum absolute atomic E-state index is 11.6. The Morgan fingerprint density at radius 3 is 2.94 bits per heavy atom. The van der Waals surface area contributed by atoms with Gasteiger partial charge in [-0.05, 0) is 13.3 Å². The summed E-state index contributed by atoms with van der Waals surface area (Å²) in [4.78, 5) is 17.0. The summed E-state index contributed by atoms with van der Waals surface area (Å²) in [6, 6.07) is 0. The second-order valence-electron chi connectivity index (χ2n) is 3.23. The smallest absolute Gasteiger partial charge is 0.361 e. The van der Waals surface area contributed by atoms with Gasteiger partial charge in [0, 0.05) is 11.1 Å². The summed E-state index contributed by atoms with van der Waals surface area (Å²) in [7, 11) is 0. The van der Waals surface area contributed by atoms with Crippen LogP contribution in [0.2, 0.25) is 0 Å². The van der Waals surface area contributed by atoms with Crippen LogP contribution in [-0.4, -0.2) is 33.0 Å². The normalized spacial score (nSPS) is 10.5. The molecule has 0 unspecified atom stereocenters. The summed E-state index contributed by atoms with van der Waals surface area (Å²) in [6.45, 7) is 4.10. The summed E-state index contributed by atoms with van der Waals surface area (Å²) in [5.74, 6) is -0.482. The molecule has 0 atom stereocenters. The quantitative estimate of drug-likeness (QED) is 0.837. The van der Waals surface area contributed by atoms with Crippen molar-refractivity contribution in [2.75, 3.05) is 6.61 Å². The Kier molecular flexibility index (Phi) is 3.48. The van der Waals surface area contributed by atoms with Gasteiger partial charge in [-0.2, -0.15) is 10.3 Å². The Bertz CT molecular complexity index is 520. The first-order valence-corrected chi connectivity index (χ1v) is 6.10. The summed E-state index contributed by atoms with van der Waals surface area (Å²) in [5.41, 5.74) is 0.636. The summed E-state index contributed by atoms with van der Waals surface area (Å²) < 4.78 is 4.90. The average molecular weight is 252 g/mol. The molecule has 2 aromatic heterocycles. The summed E-state index contributed by atoms with van der Waals surface area (Å²) in [5, 5.41) is 10.9. The van der Waals surface area contributed by atoms with E-state index in [1.807, 2.05) is 6.92 Å². The molecular formula is C10H12N4O2S. The van der Waals surface area contributed by atoms with Crippen molar-refractivity contribution in [2.24, 2.45) is 0 Å². The molecule has 0 aliphatic carbocycles. The van der Waals surface area contributed by atoms with E-state index in [0.29, 0.717) is 17.3 Å². The molecule has 0 amide bonds. The molecule has 17 heavy (non-hydrogen) atoms. The van der Waals surface area contributed by atoms with E-state index in [1.165, 1.54) is 11.3 Å². The third-order valence-corrected chi connectivity index (χ3v) is 3.27. The number of H-pyrrole nitrogens is 1. The fraction of sp³-hybridized carbons (Fsp3) is 0.400. The van der Waals surface area contributed by atoms with Gasteiger partial charge < -0.3 is 4.74 Å². The summed E-state index contributed by atoms with van der Waals surface area (Å²) in [6.07, 6.45) is 2.69. The van der Waals surface area contributed by atoms with Crippen molar-refractivity contribution in [2.45, 2.75) is 20.3 Å². The second-order valence-corrected chi connectivity index (χ2v) is 4.34. The lowest BCUT2D eigenvalue weighted by atomic mass is 10.3. The molecule has 0 radical (unpaired) electrons. The van der Waals surface area contributed by atoms with Crippen molar-refractivity contribution in [3.05, 3.63) is 16.8 Å². The van der Waals surface area contributed by atoms with Crippen LogP contribution in [0.4, 0.5) is 0 Å². The minimum Gasteiger partial charge on any atom is -0.461 e. The van der Waals surface area contributed by atoms with E-state index in [9.17, 15) is 4.79 Å². The molecule has 1 N–H and O–H groups in total. The van der Waals surface area contributed by atoms with E-state index in [-0.39, 0.29) is 5.69 Å². The molecule has 0 aliphatic heterocycles. The maximum Gasteiger partial charge on any atom is 0.361 e. The number of carbonyl (C=O) groups excluding carboxylic acids is 1. The van der Waals surface area contributed by atoms with Crippen molar-refractivity contribution in [3.8, 4) is 10.7 Å². The van der Waals surface area contributed by atoms with Crippen molar-refractivity contribution in [1.29, 1.82) is 0 Å². The predicted octanol–water partition coefficient (Wildman–Crippen LogP) is 1.67. The number of ether oxygens (including phenoxy) is 1. The highest BCUT2D eigenvalue weighted by Crippen LogP contribution is 2.25. The van der Waals surface area contributed by atoms with Crippen molar-refractivity contribution in [3.63, 3.8) is 0 Å². The van der Waals surface area contributed by atoms with E-state index in [1.54, 1.807) is 13.1 Å². The Balaban J connectivity index is 2.33. The van der Waals surface area contributed by atoms with Gasteiger partial charge in [-0.3, -0.25) is 0 Å². The zero-order chi connectivity index (χ0) is 12.3. The van der Waals surface area contributed by atoms with E-state index in [2.05, 4.69) is 20.4 Å². The highest BCUT2D eigenvalue weighted by atomic mass is 32.1. The molecule has 6 nitrogen and oxygen atoms in total. The van der Waals surface area contributed by atoms with Crippen LogP contribution in [-0.2, 0) is 11.2 Å². The first kappa shape index (κ1) is 11.7. The van der Waals surface area contributed by atoms with Crippen LogP contribution < -0.4 is 0 Å². The van der Waals surface area contributed by atoms with Gasteiger partial charge in [0.25, 0.3) is 0 Å². The SMILES string of the molecule is CCOC(=O)c1n[nH]nc1-c1ncc(CC)s1. The number of nitrogens with zero attached hydrogens (tertiary/aromatic N) is 3. The molecule has 0 fully saturated rings. The molecule has 0 saturated heterocycles. The lowest BCUT2D eigenvalue weighted by Crippen LogP contribution is -2.06. The molecule has 0 bridgehead atoms. The topological polar surface area (TPSA) is 80.8 Å². The number of aryl methyl sites for hydroxylation is 1. The first-order chi connectivity index (χ1) is 8.26. The van der Waals surface area contributed by atoms with Crippen LogP contribution in [0.5, 0.6) is 0 Å². The number of hydrogen-bond donors (Lipinski definition) is 1. The third kappa shape index (κ3) is 2.33. The van der Waals surface area contributed by atoms with Crippen molar-refractivity contribution in [1.82, 2.24) is 20.4 Å². The van der Waals surface area contributed by atoms with Gasteiger partial charge in [0.05, 0.1) is 6.61 Å². The van der Waals surface area contributed by atoms with Crippen LogP contribution in [0, 0.1) is 0 Å². The standard InChI is InChI=1S/C10H12N4O2S/c1-3-6-5-11-9(17-6)7-8(13-14-12-7)10(15)16-4-2/h5H,3-4H2,1-2H3,(H,12,13,14). The van der Waals surface area contributed by atoms with E-state index in [4.69, 9.17) is 4.74 Å². The molecule has 0 spiro atoms. The maximum atomic E-state index is 11.6. The molecule has 2 aromatic rings. The van der Waals surface area contributed by atoms with Gasteiger partial charge >= 0.3 is 5.97 Å². The molecular weight excluding hydrogens is 240 g/mol. The largest absolute Gasteiger partial charge is 0.461 e. The number of rotatable bonds is 4. The number of esters is 1. The zero-order valence-corrected chi connectivity index (χ0v) is 10.4. The fourth-order valence-corrected chi connectivity index (χ4v) is 2.14. The first-order valence-electron chi connectivity index (χ1n) is 5.29. The van der Waals surface area contributed by atoms with Crippen LogP contribution in [0.3, 0.4) is 0 Å². The van der Waals surface area contributed by atoms with Crippen LogP contribution in [0.25, 0.3) is 10.7 Å². The van der Waals surface area contributed by atoms with Gasteiger partial charge in [0.2, 0.25) is 5.69 Å². The molecule has 0 aromatic carbocycles. The Morgan fingerprint density at radius 1 is 1.47 bits per heavy atom. The lowest BCUT2D eigenvalue weighted by Gasteiger charge is -1.97. The fourth-order valence-electron chi connectivity index (χ4n) is 1.30. The van der Waals surface area contributed by atoms with Crippen molar-refractivity contribution < 1.29 is 9.53 Å². The Hall–Kier alpha value is -1.76. The van der Waals surface area contributed by atoms with Gasteiger partial charge in [-0.1, -0.05) is 6.92 Å². The molecule has 2 heterocycles. The minimum absolute atomic E-state index is 0.184. The molecule has 0 saturated carbocycles. The second kappa shape index (κ2) is 5.05. The number of carbonyl (C=O) groups is 1. The number of aromatic amines is 1. The third-order valence-electron chi connectivity index (χ3n) is 2.12.